The second-order valence-electron chi connectivity index (χ2n) is 4.38. The zero-order chi connectivity index (χ0) is 10.6. The van der Waals surface area contributed by atoms with Crippen LogP contribution < -0.4 is 0 Å². The summed E-state index contributed by atoms with van der Waals surface area (Å²) in [4.78, 5) is 22.3. The number of carboxylic acids is 1. The molecule has 1 aliphatic rings. The third-order valence-corrected chi connectivity index (χ3v) is 3.10. The van der Waals surface area contributed by atoms with Gasteiger partial charge in [0.15, 0.2) is 0 Å². The van der Waals surface area contributed by atoms with Crippen molar-refractivity contribution in [2.24, 2.45) is 5.41 Å². The second-order valence-corrected chi connectivity index (χ2v) is 4.38. The molecule has 1 saturated carbocycles. The molecule has 0 aromatic carbocycles. The summed E-state index contributed by atoms with van der Waals surface area (Å²) < 4.78 is 0. The highest BCUT2D eigenvalue weighted by molar-refractivity contribution is 5.84. The molecule has 3 nitrogen and oxygen atoms in total. The zero-order valence-corrected chi connectivity index (χ0v) is 8.71. The monoisotopic (exact) mass is 198 g/mol. The number of carbonyl (C=O) groups excluding carboxylic acids is 1. The molecule has 1 fully saturated rings. The van der Waals surface area contributed by atoms with E-state index >= 15 is 0 Å². The molecular formula is C11H18O3. The molecule has 0 heterocycles. The fourth-order valence-electron chi connectivity index (χ4n) is 2.35. The molecule has 3 heteroatoms. The Kier molecular flexibility index (Phi) is 3.67. The molecule has 1 rings (SSSR count). The van der Waals surface area contributed by atoms with Crippen molar-refractivity contribution in [1.29, 1.82) is 0 Å². The minimum absolute atomic E-state index is 0.00528. The topological polar surface area (TPSA) is 54.4 Å². The lowest BCUT2D eigenvalue weighted by atomic mass is 9.76. The maximum Gasteiger partial charge on any atom is 0.310 e. The smallest absolute Gasteiger partial charge is 0.310 e. The van der Waals surface area contributed by atoms with Gasteiger partial charge in [-0.3, -0.25) is 9.59 Å². The summed E-state index contributed by atoms with van der Waals surface area (Å²) in [6, 6.07) is 0. The molecule has 0 aliphatic heterocycles. The number of Topliss-reactive ketones (excluding diaryl/α,β-unsaturated/α-hetero) is 1. The fourth-order valence-corrected chi connectivity index (χ4v) is 2.35. The van der Waals surface area contributed by atoms with Gasteiger partial charge in [0.25, 0.3) is 0 Å². The lowest BCUT2D eigenvalue weighted by Crippen LogP contribution is -2.32. The molecule has 0 bridgehead atoms. The van der Waals surface area contributed by atoms with Gasteiger partial charge in [0.05, 0.1) is 5.41 Å². The molecule has 0 radical (unpaired) electrons. The highest BCUT2D eigenvalue weighted by Crippen LogP contribution is 2.38. The van der Waals surface area contributed by atoms with Crippen LogP contribution in [0.1, 0.15) is 51.9 Å². The average Bonchev–Trinajstić information content (AvgIpc) is 2.29. The van der Waals surface area contributed by atoms with E-state index in [1.807, 2.05) is 0 Å². The first-order chi connectivity index (χ1) is 6.57. The number of hydrogen-bond acceptors (Lipinski definition) is 2. The summed E-state index contributed by atoms with van der Waals surface area (Å²) in [5, 5.41) is 9.21. The molecule has 0 saturated heterocycles. The van der Waals surface area contributed by atoms with E-state index in [0.717, 1.165) is 25.7 Å². The highest BCUT2D eigenvalue weighted by Gasteiger charge is 2.39. The Bertz CT molecular complexity index is 225. The van der Waals surface area contributed by atoms with Crippen molar-refractivity contribution in [3.05, 3.63) is 0 Å². The van der Waals surface area contributed by atoms with E-state index in [4.69, 9.17) is 0 Å². The molecule has 0 aromatic rings. The van der Waals surface area contributed by atoms with E-state index < -0.39 is 11.4 Å². The molecule has 1 aliphatic carbocycles. The van der Waals surface area contributed by atoms with Crippen LogP contribution in [0.4, 0.5) is 0 Å². The van der Waals surface area contributed by atoms with Gasteiger partial charge in [0.1, 0.15) is 5.78 Å². The van der Waals surface area contributed by atoms with Crippen LogP contribution in [0, 0.1) is 5.41 Å². The van der Waals surface area contributed by atoms with Crippen LogP contribution in [0.15, 0.2) is 0 Å². The Balaban J connectivity index is 2.77. The Labute approximate surface area is 84.5 Å². The van der Waals surface area contributed by atoms with Gasteiger partial charge in [-0.25, -0.2) is 0 Å². The fraction of sp³-hybridized carbons (Fsp3) is 0.818. The number of carboxylic acid groups (broad SMARTS) is 1. The number of hydrogen-bond donors (Lipinski definition) is 1. The lowest BCUT2D eigenvalue weighted by molar-refractivity contribution is -0.152. The Morgan fingerprint density at radius 2 is 1.64 bits per heavy atom. The third kappa shape index (κ3) is 2.56. The van der Waals surface area contributed by atoms with Crippen LogP contribution in [0.5, 0.6) is 0 Å². The average molecular weight is 198 g/mol. The van der Waals surface area contributed by atoms with Gasteiger partial charge in [-0.15, -0.1) is 0 Å². The van der Waals surface area contributed by atoms with Crippen LogP contribution >= 0.6 is 0 Å². The quantitative estimate of drug-likeness (QED) is 0.708. The summed E-state index contributed by atoms with van der Waals surface area (Å²) in [7, 11) is 0. The summed E-state index contributed by atoms with van der Waals surface area (Å²) >= 11 is 0. The molecule has 80 valence electrons. The number of ketones is 1. The highest BCUT2D eigenvalue weighted by atomic mass is 16.4. The minimum atomic E-state index is -0.783. The van der Waals surface area contributed by atoms with Gasteiger partial charge in [-0.1, -0.05) is 25.7 Å². The van der Waals surface area contributed by atoms with Crippen LogP contribution in [-0.4, -0.2) is 16.9 Å². The van der Waals surface area contributed by atoms with Crippen LogP contribution in [-0.2, 0) is 9.59 Å². The molecule has 0 amide bonds. The largest absolute Gasteiger partial charge is 0.481 e. The number of rotatable bonds is 3. The van der Waals surface area contributed by atoms with Crippen molar-refractivity contribution >= 4 is 11.8 Å². The maximum absolute atomic E-state index is 11.2. The normalized spacial score (nSPS) is 21.2. The van der Waals surface area contributed by atoms with Crippen molar-refractivity contribution in [2.45, 2.75) is 51.9 Å². The van der Waals surface area contributed by atoms with E-state index in [-0.39, 0.29) is 12.2 Å². The van der Waals surface area contributed by atoms with Crippen LogP contribution in [0.3, 0.4) is 0 Å². The van der Waals surface area contributed by atoms with Gasteiger partial charge >= 0.3 is 5.97 Å². The van der Waals surface area contributed by atoms with Gasteiger partial charge in [-0.2, -0.15) is 0 Å². The second kappa shape index (κ2) is 4.58. The molecular weight excluding hydrogens is 180 g/mol. The Morgan fingerprint density at radius 1 is 1.14 bits per heavy atom. The van der Waals surface area contributed by atoms with Crippen molar-refractivity contribution in [2.75, 3.05) is 0 Å². The molecule has 14 heavy (non-hydrogen) atoms. The van der Waals surface area contributed by atoms with E-state index in [2.05, 4.69) is 0 Å². The number of carbonyl (C=O) groups is 2. The standard InChI is InChI=1S/C11H18O3/c1-9(12)8-11(10(13)14)6-4-2-3-5-7-11/h2-8H2,1H3,(H,13,14). The SMILES string of the molecule is CC(=O)CC1(C(=O)O)CCCCCC1. The first-order valence-electron chi connectivity index (χ1n) is 5.30. The Hall–Kier alpha value is -0.860. The molecule has 0 spiro atoms. The molecule has 1 N–H and O–H groups in total. The van der Waals surface area contributed by atoms with Gasteiger partial charge in [0.2, 0.25) is 0 Å². The summed E-state index contributed by atoms with van der Waals surface area (Å²) in [6.45, 7) is 1.48. The molecule has 0 aromatic heterocycles. The summed E-state index contributed by atoms with van der Waals surface area (Å²) in [5.74, 6) is -0.788. The first-order valence-corrected chi connectivity index (χ1v) is 5.30. The Morgan fingerprint density at radius 3 is 2.00 bits per heavy atom. The van der Waals surface area contributed by atoms with Crippen molar-refractivity contribution in [3.8, 4) is 0 Å². The van der Waals surface area contributed by atoms with Crippen LogP contribution in [0.25, 0.3) is 0 Å². The van der Waals surface area contributed by atoms with Crippen molar-refractivity contribution < 1.29 is 14.7 Å². The van der Waals surface area contributed by atoms with E-state index in [0.29, 0.717) is 12.8 Å². The maximum atomic E-state index is 11.2. The van der Waals surface area contributed by atoms with Gasteiger partial charge in [-0.05, 0) is 19.8 Å². The predicted molar refractivity (Wildman–Crippen MR) is 53.1 cm³/mol. The summed E-state index contributed by atoms with van der Waals surface area (Å²) in [5.41, 5.74) is -0.748. The van der Waals surface area contributed by atoms with Gasteiger partial charge < -0.3 is 5.11 Å². The third-order valence-electron chi connectivity index (χ3n) is 3.10. The number of aliphatic carboxylic acids is 1. The molecule has 0 unspecified atom stereocenters. The van der Waals surface area contributed by atoms with E-state index in [1.165, 1.54) is 6.92 Å². The van der Waals surface area contributed by atoms with Gasteiger partial charge in [0, 0.05) is 6.42 Å². The van der Waals surface area contributed by atoms with Crippen molar-refractivity contribution in [3.63, 3.8) is 0 Å². The van der Waals surface area contributed by atoms with Crippen molar-refractivity contribution in [1.82, 2.24) is 0 Å². The van der Waals surface area contributed by atoms with E-state index in [1.54, 1.807) is 0 Å². The minimum Gasteiger partial charge on any atom is -0.481 e. The molecule has 0 atom stereocenters. The summed E-state index contributed by atoms with van der Waals surface area (Å²) in [6.07, 6.45) is 5.64. The van der Waals surface area contributed by atoms with E-state index in [9.17, 15) is 14.7 Å². The van der Waals surface area contributed by atoms with Crippen LogP contribution in [0.2, 0.25) is 0 Å². The lowest BCUT2D eigenvalue weighted by Gasteiger charge is -2.26. The predicted octanol–water partition coefficient (Wildman–Crippen LogP) is 2.39. The first kappa shape index (κ1) is 11.2. The zero-order valence-electron chi connectivity index (χ0n) is 8.71.